The normalized spacial score (nSPS) is 15.6. The van der Waals surface area contributed by atoms with Crippen LogP contribution in [0.15, 0.2) is 0 Å². The molecule has 0 amide bonds. The third kappa shape index (κ3) is 5.03. The van der Waals surface area contributed by atoms with Crippen molar-refractivity contribution in [1.29, 1.82) is 0 Å². The molecular weight excluding hydrogens is 162 g/mol. The summed E-state index contributed by atoms with van der Waals surface area (Å²) in [7, 11) is 0. The van der Waals surface area contributed by atoms with Gasteiger partial charge < -0.3 is 10.2 Å². The van der Waals surface area contributed by atoms with E-state index in [1.165, 1.54) is 6.92 Å². The lowest BCUT2D eigenvalue weighted by Gasteiger charge is -2.09. The molecule has 2 unspecified atom stereocenters. The quantitative estimate of drug-likeness (QED) is 0.447. The Morgan fingerprint density at radius 1 is 1.58 bits per heavy atom. The molecular formula is C7H15NO4. The van der Waals surface area contributed by atoms with Crippen LogP contribution >= 0.6 is 0 Å². The molecule has 0 rings (SSSR count). The van der Waals surface area contributed by atoms with Gasteiger partial charge in [0.1, 0.15) is 0 Å². The zero-order valence-electron chi connectivity index (χ0n) is 7.14. The van der Waals surface area contributed by atoms with Crippen LogP contribution < -0.4 is 0 Å². The molecule has 0 heterocycles. The number of hydrogen-bond acceptors (Lipinski definition) is 4. The first-order chi connectivity index (χ1) is 5.57. The summed E-state index contributed by atoms with van der Waals surface area (Å²) in [5.74, 6) is 0. The van der Waals surface area contributed by atoms with E-state index in [1.807, 2.05) is 0 Å². The van der Waals surface area contributed by atoms with E-state index in [1.54, 1.807) is 0 Å². The largest absolute Gasteiger partial charge is 0.396 e. The van der Waals surface area contributed by atoms with Gasteiger partial charge in [-0.3, -0.25) is 10.1 Å². The topological polar surface area (TPSA) is 83.6 Å². The van der Waals surface area contributed by atoms with Crippen LogP contribution in [-0.4, -0.2) is 33.9 Å². The Hall–Kier alpha value is -0.680. The van der Waals surface area contributed by atoms with Crippen LogP contribution in [0.3, 0.4) is 0 Å². The van der Waals surface area contributed by atoms with Gasteiger partial charge in [-0.05, 0) is 13.3 Å². The molecule has 0 fully saturated rings. The first-order valence-electron chi connectivity index (χ1n) is 4.00. The van der Waals surface area contributed by atoms with Crippen molar-refractivity contribution < 1.29 is 15.1 Å². The minimum atomic E-state index is -0.725. The molecule has 0 bridgehead atoms. The number of rotatable bonds is 6. The van der Waals surface area contributed by atoms with Crippen molar-refractivity contribution in [1.82, 2.24) is 0 Å². The second kappa shape index (κ2) is 5.91. The molecule has 0 aromatic rings. The lowest BCUT2D eigenvalue weighted by atomic mass is 10.1. The summed E-state index contributed by atoms with van der Waals surface area (Å²) in [5, 5.41) is 27.7. The van der Waals surface area contributed by atoms with Gasteiger partial charge >= 0.3 is 0 Å². The minimum Gasteiger partial charge on any atom is -0.396 e. The Bertz CT molecular complexity index is 137. The summed E-state index contributed by atoms with van der Waals surface area (Å²) >= 11 is 0. The van der Waals surface area contributed by atoms with Crippen molar-refractivity contribution in [2.24, 2.45) is 0 Å². The molecule has 0 aliphatic carbocycles. The summed E-state index contributed by atoms with van der Waals surface area (Å²) in [5.41, 5.74) is 0. The zero-order valence-corrected chi connectivity index (χ0v) is 7.14. The number of hydrogen-bond donors (Lipinski definition) is 2. The van der Waals surface area contributed by atoms with E-state index >= 15 is 0 Å². The first-order valence-corrected chi connectivity index (χ1v) is 4.00. The monoisotopic (exact) mass is 177 g/mol. The van der Waals surface area contributed by atoms with Gasteiger partial charge in [-0.1, -0.05) is 0 Å². The van der Waals surface area contributed by atoms with Crippen molar-refractivity contribution in [3.63, 3.8) is 0 Å². The van der Waals surface area contributed by atoms with E-state index in [-0.39, 0.29) is 13.0 Å². The van der Waals surface area contributed by atoms with Gasteiger partial charge in [0.15, 0.2) is 0 Å². The number of aliphatic hydroxyl groups excluding tert-OH is 2. The molecule has 5 heteroatoms. The summed E-state index contributed by atoms with van der Waals surface area (Å²) in [4.78, 5) is 9.95. The Labute approximate surface area is 71.2 Å². The van der Waals surface area contributed by atoms with E-state index in [2.05, 4.69) is 0 Å². The highest BCUT2D eigenvalue weighted by Crippen LogP contribution is 2.08. The fraction of sp³-hybridized carbons (Fsp3) is 1.00. The molecule has 0 saturated heterocycles. The van der Waals surface area contributed by atoms with Crippen molar-refractivity contribution >= 4 is 0 Å². The Balaban J connectivity index is 3.78. The predicted molar refractivity (Wildman–Crippen MR) is 43.4 cm³/mol. The van der Waals surface area contributed by atoms with Crippen molar-refractivity contribution in [3.8, 4) is 0 Å². The second-order valence-corrected chi connectivity index (χ2v) is 2.89. The Morgan fingerprint density at radius 2 is 2.17 bits per heavy atom. The van der Waals surface area contributed by atoms with Gasteiger partial charge in [-0.25, -0.2) is 0 Å². The molecule has 0 aliphatic heterocycles. The number of aliphatic hydroxyl groups is 2. The molecule has 5 nitrogen and oxygen atoms in total. The lowest BCUT2D eigenvalue weighted by molar-refractivity contribution is -0.526. The molecule has 0 radical (unpaired) electrons. The summed E-state index contributed by atoms with van der Waals surface area (Å²) in [6, 6.07) is -0.725. The number of nitro groups is 1. The number of nitrogens with zero attached hydrogens (tertiary/aromatic N) is 1. The Kier molecular flexibility index (Phi) is 5.57. The maximum Gasteiger partial charge on any atom is 0.215 e. The molecule has 0 aromatic carbocycles. The highest BCUT2D eigenvalue weighted by molar-refractivity contribution is 4.60. The molecule has 2 N–H and O–H groups in total. The van der Waals surface area contributed by atoms with Gasteiger partial charge in [0.2, 0.25) is 6.04 Å². The molecule has 2 atom stereocenters. The van der Waals surface area contributed by atoms with Crippen LogP contribution in [0.4, 0.5) is 0 Å². The molecule has 0 aromatic heterocycles. The average Bonchev–Trinajstić information content (AvgIpc) is 1.96. The van der Waals surface area contributed by atoms with Crippen LogP contribution in [0.5, 0.6) is 0 Å². The molecule has 72 valence electrons. The van der Waals surface area contributed by atoms with Crippen LogP contribution in [0.1, 0.15) is 26.2 Å². The summed E-state index contributed by atoms with van der Waals surface area (Å²) < 4.78 is 0. The molecule has 0 spiro atoms. The van der Waals surface area contributed by atoms with E-state index in [4.69, 9.17) is 10.2 Å². The SMILES string of the molecule is CC(O)CC(CCCO)[N+](=O)[O-]. The van der Waals surface area contributed by atoms with Crippen LogP contribution in [-0.2, 0) is 0 Å². The van der Waals surface area contributed by atoms with Crippen molar-refractivity contribution in [2.45, 2.75) is 38.3 Å². The van der Waals surface area contributed by atoms with E-state index in [0.717, 1.165) is 0 Å². The minimum absolute atomic E-state index is 0.0376. The maximum absolute atomic E-state index is 10.4. The highest BCUT2D eigenvalue weighted by Gasteiger charge is 2.21. The van der Waals surface area contributed by atoms with Crippen LogP contribution in [0.2, 0.25) is 0 Å². The van der Waals surface area contributed by atoms with Crippen LogP contribution in [0, 0.1) is 10.1 Å². The Morgan fingerprint density at radius 3 is 2.50 bits per heavy atom. The summed E-state index contributed by atoms with van der Waals surface area (Å²) in [6.45, 7) is 1.49. The molecule has 12 heavy (non-hydrogen) atoms. The maximum atomic E-state index is 10.4. The highest BCUT2D eigenvalue weighted by atomic mass is 16.6. The third-order valence-corrected chi connectivity index (χ3v) is 1.61. The van der Waals surface area contributed by atoms with Crippen molar-refractivity contribution in [2.75, 3.05) is 6.61 Å². The van der Waals surface area contributed by atoms with Gasteiger partial charge in [0, 0.05) is 24.4 Å². The van der Waals surface area contributed by atoms with E-state index in [0.29, 0.717) is 12.8 Å². The van der Waals surface area contributed by atoms with E-state index < -0.39 is 17.1 Å². The summed E-state index contributed by atoms with van der Waals surface area (Å²) in [6.07, 6.45) is 0.249. The van der Waals surface area contributed by atoms with Gasteiger partial charge in [0.05, 0.1) is 6.10 Å². The second-order valence-electron chi connectivity index (χ2n) is 2.89. The first kappa shape index (κ1) is 11.3. The predicted octanol–water partition coefficient (Wildman–Crippen LogP) is 0.175. The van der Waals surface area contributed by atoms with Crippen LogP contribution in [0.25, 0.3) is 0 Å². The lowest BCUT2D eigenvalue weighted by Crippen LogP contribution is -2.24. The standard InChI is InChI=1S/C7H15NO4/c1-6(10)5-7(8(11)12)3-2-4-9/h6-7,9-10H,2-5H2,1H3. The third-order valence-electron chi connectivity index (χ3n) is 1.61. The zero-order chi connectivity index (χ0) is 9.56. The molecule has 0 aliphatic rings. The molecule has 0 saturated carbocycles. The van der Waals surface area contributed by atoms with Gasteiger partial charge in [0.25, 0.3) is 0 Å². The average molecular weight is 177 g/mol. The van der Waals surface area contributed by atoms with E-state index in [9.17, 15) is 10.1 Å². The fourth-order valence-electron chi connectivity index (χ4n) is 1.03. The fourth-order valence-corrected chi connectivity index (χ4v) is 1.03. The van der Waals surface area contributed by atoms with Crippen molar-refractivity contribution in [3.05, 3.63) is 10.1 Å². The van der Waals surface area contributed by atoms with Gasteiger partial charge in [-0.15, -0.1) is 0 Å². The smallest absolute Gasteiger partial charge is 0.215 e. The van der Waals surface area contributed by atoms with Gasteiger partial charge in [-0.2, -0.15) is 0 Å².